The Bertz CT molecular complexity index is 392. The Balaban J connectivity index is 5.85. The summed E-state index contributed by atoms with van der Waals surface area (Å²) in [7, 11) is -7.97. The van der Waals surface area contributed by atoms with E-state index in [1.807, 2.05) is 0 Å². The van der Waals surface area contributed by atoms with Crippen molar-refractivity contribution >= 4 is 25.2 Å². The van der Waals surface area contributed by atoms with Gasteiger partial charge in [-0.15, -0.1) is 52.6 Å². The van der Waals surface area contributed by atoms with Gasteiger partial charge in [0, 0.05) is 0 Å². The van der Waals surface area contributed by atoms with Crippen molar-refractivity contribution in [1.29, 1.82) is 0 Å². The molecule has 0 N–H and O–H groups in total. The van der Waals surface area contributed by atoms with Gasteiger partial charge in [0.2, 0.25) is 0 Å². The molecule has 0 aliphatic carbocycles. The minimum absolute atomic E-state index is 1.68. The minimum atomic E-state index is -2.92. The van der Waals surface area contributed by atoms with Crippen LogP contribution in [0.4, 0.5) is 0 Å². The first kappa shape index (κ1) is 19.5. The number of hydrogen-bond acceptors (Lipinski definition) is 2. The summed E-state index contributed by atoms with van der Waals surface area (Å²) in [5.41, 5.74) is 13.8. The standard InChI is InChI=1S/C16H24O2Si3/c1-9-19(10-2,11-3)17-21(15-7,16-8)18-20(12-4,13-5)14-6/h9-16H,1-8H2. The van der Waals surface area contributed by atoms with Crippen LogP contribution in [-0.2, 0) is 8.23 Å². The molecule has 5 heteroatoms. The number of rotatable bonds is 12. The Morgan fingerprint density at radius 3 is 0.810 bits per heavy atom. The van der Waals surface area contributed by atoms with E-state index in [0.29, 0.717) is 0 Å². The summed E-state index contributed by atoms with van der Waals surface area (Å²) in [5.74, 6) is 0. The quantitative estimate of drug-likeness (QED) is 0.500. The van der Waals surface area contributed by atoms with Gasteiger partial charge in [0.05, 0.1) is 0 Å². The first-order valence-corrected chi connectivity index (χ1v) is 12.6. The molecule has 0 aliphatic rings. The monoisotopic (exact) mass is 332 g/mol. The second kappa shape index (κ2) is 8.06. The van der Waals surface area contributed by atoms with E-state index in [1.165, 1.54) is 0 Å². The summed E-state index contributed by atoms with van der Waals surface area (Å²) >= 11 is 0. The third-order valence-corrected chi connectivity index (χ3v) is 13.5. The Morgan fingerprint density at radius 2 is 0.667 bits per heavy atom. The van der Waals surface area contributed by atoms with Crippen molar-refractivity contribution < 1.29 is 8.23 Å². The van der Waals surface area contributed by atoms with Crippen LogP contribution in [0.15, 0.2) is 98.2 Å². The van der Waals surface area contributed by atoms with E-state index in [9.17, 15) is 0 Å². The van der Waals surface area contributed by atoms with Gasteiger partial charge in [-0.25, -0.2) is 0 Å². The van der Waals surface area contributed by atoms with E-state index < -0.39 is 25.2 Å². The Kier molecular flexibility index (Phi) is 7.48. The molecule has 0 aromatic heterocycles. The Labute approximate surface area is 132 Å². The minimum Gasteiger partial charge on any atom is -0.420 e. The van der Waals surface area contributed by atoms with Crippen molar-refractivity contribution in [3.05, 3.63) is 98.2 Å². The van der Waals surface area contributed by atoms with Gasteiger partial charge in [-0.3, -0.25) is 0 Å². The van der Waals surface area contributed by atoms with Gasteiger partial charge >= 0.3 is 8.56 Å². The maximum absolute atomic E-state index is 6.29. The predicted octanol–water partition coefficient (Wildman–Crippen LogP) is 4.15. The van der Waals surface area contributed by atoms with E-state index in [0.717, 1.165) is 0 Å². The SMILES string of the molecule is C=C[Si](C=C)(C=C)O[Si](C=C)(C=C)O[Si](C=C)(C=C)C=C. The average molecular weight is 333 g/mol. The fourth-order valence-corrected chi connectivity index (χ4v) is 11.0. The highest BCUT2D eigenvalue weighted by Crippen LogP contribution is 2.25. The van der Waals surface area contributed by atoms with Gasteiger partial charge in [0.15, 0.2) is 0 Å². The number of hydrogen-bond donors (Lipinski definition) is 0. The van der Waals surface area contributed by atoms with E-state index in [1.54, 1.807) is 45.6 Å². The molecule has 0 heterocycles. The molecule has 2 nitrogen and oxygen atoms in total. The molecule has 0 radical (unpaired) electrons. The van der Waals surface area contributed by atoms with Crippen molar-refractivity contribution in [2.45, 2.75) is 0 Å². The first-order chi connectivity index (χ1) is 9.90. The molecule has 0 bridgehead atoms. The van der Waals surface area contributed by atoms with Crippen LogP contribution in [0.25, 0.3) is 0 Å². The molecule has 21 heavy (non-hydrogen) atoms. The lowest BCUT2D eigenvalue weighted by Crippen LogP contribution is -2.55. The molecule has 0 aromatic rings. The van der Waals surface area contributed by atoms with E-state index >= 15 is 0 Å². The highest BCUT2D eigenvalue weighted by molar-refractivity contribution is 7.01. The van der Waals surface area contributed by atoms with Gasteiger partial charge < -0.3 is 8.23 Å². The van der Waals surface area contributed by atoms with Crippen LogP contribution in [0, 0.1) is 0 Å². The molecule has 0 atom stereocenters. The third-order valence-electron chi connectivity index (χ3n) is 3.16. The molecular formula is C16H24O2Si3. The van der Waals surface area contributed by atoms with Crippen molar-refractivity contribution in [3.8, 4) is 0 Å². The summed E-state index contributed by atoms with van der Waals surface area (Å²) in [6.07, 6.45) is 0. The zero-order chi connectivity index (χ0) is 16.6. The van der Waals surface area contributed by atoms with Crippen LogP contribution in [0.5, 0.6) is 0 Å². The molecule has 0 spiro atoms. The Morgan fingerprint density at radius 1 is 0.429 bits per heavy atom. The highest BCUT2D eigenvalue weighted by atomic mass is 28.5. The summed E-state index contributed by atoms with van der Waals surface area (Å²) in [5, 5.41) is 0. The summed E-state index contributed by atoms with van der Waals surface area (Å²) in [6.45, 7) is 30.7. The molecule has 0 saturated carbocycles. The molecule has 0 aromatic carbocycles. The highest BCUT2D eigenvalue weighted by Gasteiger charge is 2.44. The second-order valence-corrected chi connectivity index (χ2v) is 14.0. The molecule has 0 rings (SSSR count). The van der Waals surface area contributed by atoms with Crippen molar-refractivity contribution in [3.63, 3.8) is 0 Å². The maximum atomic E-state index is 6.29. The third kappa shape index (κ3) is 4.23. The van der Waals surface area contributed by atoms with Gasteiger partial charge in [0.25, 0.3) is 16.6 Å². The summed E-state index contributed by atoms with van der Waals surface area (Å²) in [6, 6.07) is 0. The van der Waals surface area contributed by atoms with E-state index in [2.05, 4.69) is 52.6 Å². The van der Waals surface area contributed by atoms with Gasteiger partial charge in [0.1, 0.15) is 0 Å². The van der Waals surface area contributed by atoms with Crippen LogP contribution in [0.1, 0.15) is 0 Å². The molecule has 0 saturated heterocycles. The molecule has 0 amide bonds. The van der Waals surface area contributed by atoms with Gasteiger partial charge in [-0.05, 0) is 11.4 Å². The molecule has 0 unspecified atom stereocenters. The zero-order valence-corrected chi connectivity index (χ0v) is 15.6. The lowest BCUT2D eigenvalue weighted by Gasteiger charge is -2.37. The fraction of sp³-hybridized carbons (Fsp3) is 0. The van der Waals surface area contributed by atoms with E-state index in [4.69, 9.17) is 8.23 Å². The predicted molar refractivity (Wildman–Crippen MR) is 101 cm³/mol. The zero-order valence-electron chi connectivity index (χ0n) is 12.6. The Hall–Kier alpha value is -1.51. The molecule has 0 fully saturated rings. The van der Waals surface area contributed by atoms with Crippen LogP contribution >= 0.6 is 0 Å². The van der Waals surface area contributed by atoms with Gasteiger partial charge in [-0.2, -0.15) is 0 Å². The molecular weight excluding hydrogens is 308 g/mol. The van der Waals surface area contributed by atoms with Crippen LogP contribution in [0.2, 0.25) is 0 Å². The maximum Gasteiger partial charge on any atom is 0.371 e. The van der Waals surface area contributed by atoms with Crippen LogP contribution in [-0.4, -0.2) is 25.2 Å². The second-order valence-electron chi connectivity index (χ2n) is 4.27. The van der Waals surface area contributed by atoms with Gasteiger partial charge in [-0.1, -0.05) is 34.2 Å². The van der Waals surface area contributed by atoms with Crippen molar-refractivity contribution in [2.75, 3.05) is 0 Å². The fourth-order valence-electron chi connectivity index (χ4n) is 1.57. The lowest BCUT2D eigenvalue weighted by atomic mass is 11.2. The summed E-state index contributed by atoms with van der Waals surface area (Å²) in [4.78, 5) is 0. The smallest absolute Gasteiger partial charge is 0.371 e. The van der Waals surface area contributed by atoms with Crippen LogP contribution < -0.4 is 0 Å². The normalized spacial score (nSPS) is 11.8. The molecule has 112 valence electrons. The van der Waals surface area contributed by atoms with Crippen LogP contribution in [0.3, 0.4) is 0 Å². The van der Waals surface area contributed by atoms with Crippen molar-refractivity contribution in [2.24, 2.45) is 0 Å². The topological polar surface area (TPSA) is 18.5 Å². The molecule has 0 aliphatic heterocycles. The van der Waals surface area contributed by atoms with Crippen molar-refractivity contribution in [1.82, 2.24) is 0 Å². The summed E-state index contributed by atoms with van der Waals surface area (Å²) < 4.78 is 12.6. The largest absolute Gasteiger partial charge is 0.420 e. The average Bonchev–Trinajstić information content (AvgIpc) is 2.57. The van der Waals surface area contributed by atoms with E-state index in [-0.39, 0.29) is 0 Å². The lowest BCUT2D eigenvalue weighted by molar-refractivity contribution is 0.424. The first-order valence-electron chi connectivity index (χ1n) is 6.39.